The number of amides is 1. The Bertz CT molecular complexity index is 478. The van der Waals surface area contributed by atoms with Crippen molar-refractivity contribution in [2.45, 2.75) is 25.3 Å². The average molecular weight is 313 g/mol. The fraction of sp³-hybridized carbons (Fsp3) is 0.417. The Hall–Kier alpha value is -1.43. The van der Waals surface area contributed by atoms with Crippen LogP contribution in [0.15, 0.2) is 22.9 Å². The first-order valence-electron chi connectivity index (χ1n) is 5.74. The molecule has 1 aromatic heterocycles. The molecule has 0 spiro atoms. The molecule has 5 nitrogen and oxygen atoms in total. The summed E-state index contributed by atoms with van der Waals surface area (Å²) in [6, 6.07) is 0.938. The van der Waals surface area contributed by atoms with Crippen molar-refractivity contribution in [3.63, 3.8) is 0 Å². The van der Waals surface area contributed by atoms with E-state index < -0.39 is 12.0 Å². The lowest BCUT2D eigenvalue weighted by Gasteiger charge is -2.32. The normalized spacial score (nSPS) is 19.6. The van der Waals surface area contributed by atoms with E-state index in [2.05, 4.69) is 20.9 Å². The number of aliphatic carboxylic acids is 1. The fourth-order valence-electron chi connectivity index (χ4n) is 2.13. The molecule has 0 bridgehead atoms. The highest BCUT2D eigenvalue weighted by molar-refractivity contribution is 9.10. The minimum absolute atomic E-state index is 0.268. The molecule has 18 heavy (non-hydrogen) atoms. The predicted octanol–water partition coefficient (Wildman–Crippen LogP) is 1.92. The average Bonchev–Trinajstić information content (AvgIpc) is 2.38. The van der Waals surface area contributed by atoms with E-state index in [4.69, 9.17) is 5.11 Å². The van der Waals surface area contributed by atoms with Gasteiger partial charge in [-0.3, -0.25) is 9.78 Å². The number of hydrogen-bond acceptors (Lipinski definition) is 3. The summed E-state index contributed by atoms with van der Waals surface area (Å²) in [5, 5.41) is 9.14. The van der Waals surface area contributed by atoms with Crippen LogP contribution >= 0.6 is 15.9 Å². The number of likely N-dealkylation sites (tertiary alicyclic amines) is 1. The van der Waals surface area contributed by atoms with Crippen LogP contribution in [0.4, 0.5) is 0 Å². The molecule has 1 saturated heterocycles. The Kier molecular flexibility index (Phi) is 3.96. The molecule has 0 aliphatic carbocycles. The Morgan fingerprint density at radius 2 is 2.17 bits per heavy atom. The second-order valence-corrected chi connectivity index (χ2v) is 5.16. The highest BCUT2D eigenvalue weighted by Gasteiger charge is 2.32. The molecule has 1 aromatic rings. The number of nitrogens with zero attached hydrogens (tertiary/aromatic N) is 2. The van der Waals surface area contributed by atoms with Gasteiger partial charge in [-0.25, -0.2) is 4.79 Å². The summed E-state index contributed by atoms with van der Waals surface area (Å²) in [5.41, 5.74) is 0.414. The maximum atomic E-state index is 12.3. The Morgan fingerprint density at radius 1 is 1.39 bits per heavy atom. The predicted molar refractivity (Wildman–Crippen MR) is 68.2 cm³/mol. The summed E-state index contributed by atoms with van der Waals surface area (Å²) in [6.07, 6.45) is 5.25. The monoisotopic (exact) mass is 312 g/mol. The maximum Gasteiger partial charge on any atom is 0.326 e. The first kappa shape index (κ1) is 13.0. The molecular weight excluding hydrogens is 300 g/mol. The zero-order valence-electron chi connectivity index (χ0n) is 9.67. The van der Waals surface area contributed by atoms with Gasteiger partial charge >= 0.3 is 5.97 Å². The highest BCUT2D eigenvalue weighted by atomic mass is 79.9. The molecule has 2 heterocycles. The largest absolute Gasteiger partial charge is 0.480 e. The van der Waals surface area contributed by atoms with Gasteiger partial charge in [0.25, 0.3) is 5.91 Å². The zero-order chi connectivity index (χ0) is 13.1. The van der Waals surface area contributed by atoms with Gasteiger partial charge in [-0.2, -0.15) is 0 Å². The van der Waals surface area contributed by atoms with Crippen LogP contribution in [0.3, 0.4) is 0 Å². The summed E-state index contributed by atoms with van der Waals surface area (Å²) in [4.78, 5) is 28.8. The molecule has 1 aliphatic heterocycles. The van der Waals surface area contributed by atoms with Crippen molar-refractivity contribution in [3.8, 4) is 0 Å². The van der Waals surface area contributed by atoms with Crippen LogP contribution in [0.25, 0.3) is 0 Å². The number of carbonyl (C=O) groups is 2. The van der Waals surface area contributed by atoms with Gasteiger partial charge in [0.1, 0.15) is 6.04 Å². The summed E-state index contributed by atoms with van der Waals surface area (Å²) in [5.74, 6) is -1.21. The highest BCUT2D eigenvalue weighted by Crippen LogP contribution is 2.20. The molecule has 0 aromatic carbocycles. The topological polar surface area (TPSA) is 70.5 Å². The van der Waals surface area contributed by atoms with Crippen molar-refractivity contribution >= 4 is 27.8 Å². The molecular formula is C12H13BrN2O3. The molecule has 1 fully saturated rings. The molecule has 1 amide bonds. The first-order chi connectivity index (χ1) is 8.59. The molecule has 0 radical (unpaired) electrons. The van der Waals surface area contributed by atoms with E-state index in [0.717, 1.165) is 12.8 Å². The first-order valence-corrected chi connectivity index (χ1v) is 6.53. The second kappa shape index (κ2) is 5.48. The smallest absolute Gasteiger partial charge is 0.326 e. The lowest BCUT2D eigenvalue weighted by molar-refractivity contribution is -0.143. The summed E-state index contributed by atoms with van der Waals surface area (Å²) < 4.78 is 0.706. The Labute approximate surface area is 113 Å². The fourth-order valence-corrected chi connectivity index (χ4v) is 2.49. The van der Waals surface area contributed by atoms with Gasteiger partial charge in [-0.05, 0) is 41.3 Å². The van der Waals surface area contributed by atoms with Crippen molar-refractivity contribution in [3.05, 3.63) is 28.5 Å². The molecule has 1 N–H and O–H groups in total. The zero-order valence-corrected chi connectivity index (χ0v) is 11.3. The standard InChI is InChI=1S/C12H13BrN2O3/c13-9-5-8(6-14-7-9)11(16)15-4-2-1-3-10(15)12(17)18/h5-7,10H,1-4H2,(H,17,18)/t10-/m1/s1. The SMILES string of the molecule is O=C(O)[C@H]1CCCCN1C(=O)c1cncc(Br)c1. The molecule has 6 heteroatoms. The Balaban J connectivity index is 2.23. The van der Waals surface area contributed by atoms with Gasteiger partial charge in [-0.1, -0.05) is 0 Å². The number of carboxylic acids is 1. The van der Waals surface area contributed by atoms with Gasteiger partial charge in [0.05, 0.1) is 5.56 Å². The van der Waals surface area contributed by atoms with E-state index in [1.807, 2.05) is 0 Å². The summed E-state index contributed by atoms with van der Waals surface area (Å²) in [6.45, 7) is 0.488. The van der Waals surface area contributed by atoms with Gasteiger partial charge in [0, 0.05) is 23.4 Å². The molecule has 1 aliphatic rings. The van der Waals surface area contributed by atoms with Crippen LogP contribution in [0.5, 0.6) is 0 Å². The van der Waals surface area contributed by atoms with E-state index >= 15 is 0 Å². The molecule has 0 saturated carbocycles. The minimum Gasteiger partial charge on any atom is -0.480 e. The quantitative estimate of drug-likeness (QED) is 0.905. The van der Waals surface area contributed by atoms with Gasteiger partial charge < -0.3 is 10.0 Å². The van der Waals surface area contributed by atoms with Crippen LogP contribution in [0.2, 0.25) is 0 Å². The van der Waals surface area contributed by atoms with E-state index in [1.165, 1.54) is 11.1 Å². The lowest BCUT2D eigenvalue weighted by atomic mass is 10.0. The van der Waals surface area contributed by atoms with Crippen molar-refractivity contribution in [2.75, 3.05) is 6.54 Å². The van der Waals surface area contributed by atoms with Gasteiger partial charge in [0.2, 0.25) is 0 Å². The lowest BCUT2D eigenvalue weighted by Crippen LogP contribution is -2.48. The van der Waals surface area contributed by atoms with Crippen LogP contribution in [-0.4, -0.2) is 39.5 Å². The third kappa shape index (κ3) is 2.69. The summed E-state index contributed by atoms with van der Waals surface area (Å²) in [7, 11) is 0. The Morgan fingerprint density at radius 3 is 2.83 bits per heavy atom. The van der Waals surface area contributed by atoms with Gasteiger partial charge in [0.15, 0.2) is 0 Å². The number of piperidine rings is 1. The number of rotatable bonds is 2. The van der Waals surface area contributed by atoms with Crippen molar-refractivity contribution in [2.24, 2.45) is 0 Å². The van der Waals surface area contributed by atoms with Crippen LogP contribution in [0, 0.1) is 0 Å². The van der Waals surface area contributed by atoms with Crippen molar-refractivity contribution in [1.82, 2.24) is 9.88 Å². The van der Waals surface area contributed by atoms with E-state index in [-0.39, 0.29) is 5.91 Å². The molecule has 0 unspecified atom stereocenters. The van der Waals surface area contributed by atoms with Crippen molar-refractivity contribution in [1.29, 1.82) is 0 Å². The van der Waals surface area contributed by atoms with E-state index in [9.17, 15) is 9.59 Å². The van der Waals surface area contributed by atoms with E-state index in [1.54, 1.807) is 12.3 Å². The third-order valence-electron chi connectivity index (χ3n) is 3.00. The number of aromatic nitrogens is 1. The van der Waals surface area contributed by atoms with Gasteiger partial charge in [-0.15, -0.1) is 0 Å². The number of halogens is 1. The maximum absolute atomic E-state index is 12.3. The number of hydrogen-bond donors (Lipinski definition) is 1. The number of carbonyl (C=O) groups excluding carboxylic acids is 1. The van der Waals surface area contributed by atoms with Crippen molar-refractivity contribution < 1.29 is 14.7 Å². The second-order valence-electron chi connectivity index (χ2n) is 4.24. The third-order valence-corrected chi connectivity index (χ3v) is 3.43. The van der Waals surface area contributed by atoms with Crippen LogP contribution in [-0.2, 0) is 4.79 Å². The van der Waals surface area contributed by atoms with Crippen LogP contribution < -0.4 is 0 Å². The number of pyridine rings is 1. The van der Waals surface area contributed by atoms with Crippen LogP contribution in [0.1, 0.15) is 29.6 Å². The van der Waals surface area contributed by atoms with E-state index in [0.29, 0.717) is 23.0 Å². The minimum atomic E-state index is -0.939. The molecule has 2 rings (SSSR count). The molecule has 1 atom stereocenters. The molecule has 96 valence electrons. The number of carboxylic acid groups (broad SMARTS) is 1. The summed E-state index contributed by atoms with van der Waals surface area (Å²) >= 11 is 3.25.